The van der Waals surface area contributed by atoms with Gasteiger partial charge in [0.15, 0.2) is 0 Å². The normalized spacial score (nSPS) is 17.5. The SMILES string of the molecule is CCOCCC(=O)N1CCN([C@@H](C)c2ccccc2F)CC1. The Morgan fingerprint density at radius 1 is 1.27 bits per heavy atom. The third kappa shape index (κ3) is 4.27. The predicted molar refractivity (Wildman–Crippen MR) is 84.1 cm³/mol. The van der Waals surface area contributed by atoms with Crippen molar-refractivity contribution in [1.82, 2.24) is 9.80 Å². The molecule has 1 heterocycles. The van der Waals surface area contributed by atoms with Crippen LogP contribution in [0.4, 0.5) is 4.39 Å². The van der Waals surface area contributed by atoms with Gasteiger partial charge in [-0.2, -0.15) is 0 Å². The summed E-state index contributed by atoms with van der Waals surface area (Å²) in [6.07, 6.45) is 0.441. The highest BCUT2D eigenvalue weighted by Gasteiger charge is 2.25. The second-order valence-electron chi connectivity index (χ2n) is 5.56. The quantitative estimate of drug-likeness (QED) is 0.757. The summed E-state index contributed by atoms with van der Waals surface area (Å²) < 4.78 is 19.1. The highest BCUT2D eigenvalue weighted by atomic mass is 19.1. The molecule has 1 aromatic carbocycles. The summed E-state index contributed by atoms with van der Waals surface area (Å²) in [6, 6.07) is 6.93. The second kappa shape index (κ2) is 8.25. The monoisotopic (exact) mass is 308 g/mol. The summed E-state index contributed by atoms with van der Waals surface area (Å²) in [4.78, 5) is 16.1. The number of hydrogen-bond acceptors (Lipinski definition) is 3. The molecule has 4 nitrogen and oxygen atoms in total. The lowest BCUT2D eigenvalue weighted by molar-refractivity contribution is -0.134. The fourth-order valence-electron chi connectivity index (χ4n) is 2.83. The Hall–Kier alpha value is -1.46. The molecule has 1 aromatic rings. The van der Waals surface area contributed by atoms with Crippen molar-refractivity contribution in [3.8, 4) is 0 Å². The first-order chi connectivity index (χ1) is 10.6. The van der Waals surface area contributed by atoms with E-state index in [4.69, 9.17) is 4.74 Å². The predicted octanol–water partition coefficient (Wildman–Crippen LogP) is 2.46. The molecule has 1 saturated heterocycles. The smallest absolute Gasteiger partial charge is 0.224 e. The maximum absolute atomic E-state index is 13.9. The molecular weight excluding hydrogens is 283 g/mol. The lowest BCUT2D eigenvalue weighted by atomic mass is 10.1. The van der Waals surface area contributed by atoms with E-state index in [1.807, 2.05) is 30.9 Å². The third-order valence-corrected chi connectivity index (χ3v) is 4.23. The van der Waals surface area contributed by atoms with Gasteiger partial charge in [0, 0.05) is 44.4 Å². The van der Waals surface area contributed by atoms with Gasteiger partial charge in [0.05, 0.1) is 13.0 Å². The average Bonchev–Trinajstić information content (AvgIpc) is 2.55. The molecule has 122 valence electrons. The molecule has 2 rings (SSSR count). The van der Waals surface area contributed by atoms with Crippen molar-refractivity contribution in [1.29, 1.82) is 0 Å². The standard InChI is InChI=1S/C17H25FN2O2/c1-3-22-13-8-17(21)20-11-9-19(10-12-20)14(2)15-6-4-5-7-16(15)18/h4-7,14H,3,8-13H2,1-2H3/t14-/m0/s1. The van der Waals surface area contributed by atoms with Crippen molar-refractivity contribution in [2.24, 2.45) is 0 Å². The zero-order valence-corrected chi connectivity index (χ0v) is 13.4. The van der Waals surface area contributed by atoms with E-state index in [-0.39, 0.29) is 17.8 Å². The average molecular weight is 308 g/mol. The van der Waals surface area contributed by atoms with E-state index < -0.39 is 0 Å². The largest absolute Gasteiger partial charge is 0.381 e. The van der Waals surface area contributed by atoms with Crippen molar-refractivity contribution in [3.05, 3.63) is 35.6 Å². The number of carbonyl (C=O) groups excluding carboxylic acids is 1. The van der Waals surface area contributed by atoms with Crippen LogP contribution in [0.25, 0.3) is 0 Å². The molecule has 0 aliphatic carbocycles. The van der Waals surface area contributed by atoms with Crippen molar-refractivity contribution in [2.45, 2.75) is 26.3 Å². The van der Waals surface area contributed by atoms with E-state index in [0.717, 1.165) is 18.7 Å². The summed E-state index contributed by atoms with van der Waals surface area (Å²) >= 11 is 0. The minimum Gasteiger partial charge on any atom is -0.381 e. The Bertz CT molecular complexity index is 487. The van der Waals surface area contributed by atoms with Crippen molar-refractivity contribution < 1.29 is 13.9 Å². The molecule has 0 unspecified atom stereocenters. The first-order valence-electron chi connectivity index (χ1n) is 7.97. The van der Waals surface area contributed by atoms with Crippen LogP contribution in [0.3, 0.4) is 0 Å². The second-order valence-corrected chi connectivity index (χ2v) is 5.56. The lowest BCUT2D eigenvalue weighted by Gasteiger charge is -2.38. The number of carbonyl (C=O) groups is 1. The fraction of sp³-hybridized carbons (Fsp3) is 0.588. The van der Waals surface area contributed by atoms with Gasteiger partial charge in [-0.1, -0.05) is 18.2 Å². The molecule has 1 aliphatic heterocycles. The Labute approximate surface area is 131 Å². The molecular formula is C17H25FN2O2. The number of amides is 1. The minimum absolute atomic E-state index is 0.0295. The number of hydrogen-bond donors (Lipinski definition) is 0. The van der Waals surface area contributed by atoms with E-state index in [1.165, 1.54) is 6.07 Å². The van der Waals surface area contributed by atoms with Crippen molar-refractivity contribution >= 4 is 5.91 Å². The van der Waals surface area contributed by atoms with Crippen LogP contribution in [0.1, 0.15) is 31.9 Å². The summed E-state index contributed by atoms with van der Waals surface area (Å²) in [5, 5.41) is 0. The van der Waals surface area contributed by atoms with E-state index in [0.29, 0.717) is 32.7 Å². The molecule has 0 spiro atoms. The van der Waals surface area contributed by atoms with Crippen LogP contribution in [-0.2, 0) is 9.53 Å². The van der Waals surface area contributed by atoms with Crippen molar-refractivity contribution in [2.75, 3.05) is 39.4 Å². The number of nitrogens with zero attached hydrogens (tertiary/aromatic N) is 2. The molecule has 22 heavy (non-hydrogen) atoms. The van der Waals surface area contributed by atoms with Gasteiger partial charge in [-0.3, -0.25) is 9.69 Å². The van der Waals surface area contributed by atoms with Gasteiger partial charge >= 0.3 is 0 Å². The molecule has 0 saturated carbocycles. The zero-order chi connectivity index (χ0) is 15.9. The van der Waals surface area contributed by atoms with Gasteiger partial charge in [-0.15, -0.1) is 0 Å². The maximum atomic E-state index is 13.9. The molecule has 1 amide bonds. The maximum Gasteiger partial charge on any atom is 0.224 e. The van der Waals surface area contributed by atoms with Gasteiger partial charge in [0.1, 0.15) is 5.82 Å². The Morgan fingerprint density at radius 2 is 1.95 bits per heavy atom. The van der Waals surface area contributed by atoms with Gasteiger partial charge in [0.25, 0.3) is 0 Å². The Balaban J connectivity index is 1.84. The molecule has 1 atom stereocenters. The first-order valence-corrected chi connectivity index (χ1v) is 7.97. The zero-order valence-electron chi connectivity index (χ0n) is 13.4. The van der Waals surface area contributed by atoms with Gasteiger partial charge < -0.3 is 9.64 Å². The van der Waals surface area contributed by atoms with Crippen LogP contribution in [0.5, 0.6) is 0 Å². The summed E-state index contributed by atoms with van der Waals surface area (Å²) in [5.41, 5.74) is 0.721. The molecule has 1 aliphatic rings. The van der Waals surface area contributed by atoms with E-state index in [9.17, 15) is 9.18 Å². The number of halogens is 1. The third-order valence-electron chi connectivity index (χ3n) is 4.23. The topological polar surface area (TPSA) is 32.8 Å². The van der Waals surface area contributed by atoms with Crippen LogP contribution < -0.4 is 0 Å². The highest BCUT2D eigenvalue weighted by molar-refractivity contribution is 5.76. The first kappa shape index (κ1) is 16.9. The van der Waals surface area contributed by atoms with Crippen LogP contribution >= 0.6 is 0 Å². The molecule has 0 bridgehead atoms. The van der Waals surface area contributed by atoms with Crippen LogP contribution in [0.15, 0.2) is 24.3 Å². The van der Waals surface area contributed by atoms with Crippen molar-refractivity contribution in [3.63, 3.8) is 0 Å². The molecule has 1 fully saturated rings. The van der Waals surface area contributed by atoms with E-state index >= 15 is 0 Å². The molecule has 0 N–H and O–H groups in total. The summed E-state index contributed by atoms with van der Waals surface area (Å²) in [6.45, 7) is 8.01. The number of ether oxygens (including phenoxy) is 1. The summed E-state index contributed by atoms with van der Waals surface area (Å²) in [7, 11) is 0. The fourth-order valence-corrected chi connectivity index (χ4v) is 2.83. The van der Waals surface area contributed by atoms with Crippen LogP contribution in [0, 0.1) is 5.82 Å². The molecule has 0 radical (unpaired) electrons. The van der Waals surface area contributed by atoms with Gasteiger partial charge in [-0.25, -0.2) is 4.39 Å². The number of rotatable bonds is 6. The van der Waals surface area contributed by atoms with Gasteiger partial charge in [0.2, 0.25) is 5.91 Å². The lowest BCUT2D eigenvalue weighted by Crippen LogP contribution is -2.49. The Kier molecular flexibility index (Phi) is 6.34. The summed E-state index contributed by atoms with van der Waals surface area (Å²) in [5.74, 6) is -0.0168. The number of piperazine rings is 1. The number of benzene rings is 1. The highest BCUT2D eigenvalue weighted by Crippen LogP contribution is 2.23. The van der Waals surface area contributed by atoms with E-state index in [2.05, 4.69) is 4.90 Å². The Morgan fingerprint density at radius 3 is 2.59 bits per heavy atom. The van der Waals surface area contributed by atoms with Gasteiger partial charge in [-0.05, 0) is 19.9 Å². The molecule has 5 heteroatoms. The minimum atomic E-state index is -0.162. The van der Waals surface area contributed by atoms with Crippen LogP contribution in [0.2, 0.25) is 0 Å². The van der Waals surface area contributed by atoms with E-state index in [1.54, 1.807) is 6.07 Å². The molecule has 0 aromatic heterocycles. The van der Waals surface area contributed by atoms with Crippen LogP contribution in [-0.4, -0.2) is 55.1 Å².